The zero-order chi connectivity index (χ0) is 15.2. The first-order valence-electron chi connectivity index (χ1n) is 6.73. The number of thiophene rings is 1. The molecule has 112 valence electrons. The largest absolute Gasteiger partial charge is 0.497 e. The summed E-state index contributed by atoms with van der Waals surface area (Å²) < 4.78 is 5.09. The molecular weight excluding hydrogens is 286 g/mol. The molecule has 2 atom stereocenters. The molecule has 0 spiro atoms. The van der Waals surface area contributed by atoms with Gasteiger partial charge in [0.15, 0.2) is 6.10 Å². The van der Waals surface area contributed by atoms with Gasteiger partial charge in [-0.3, -0.25) is 4.79 Å². The van der Waals surface area contributed by atoms with Gasteiger partial charge in [-0.25, -0.2) is 0 Å². The maximum absolute atomic E-state index is 12.0. The second-order valence-electron chi connectivity index (χ2n) is 4.88. The molecule has 1 aromatic heterocycles. The van der Waals surface area contributed by atoms with E-state index >= 15 is 0 Å². The zero-order valence-corrected chi connectivity index (χ0v) is 12.9. The second-order valence-corrected chi connectivity index (χ2v) is 5.66. The molecule has 2 unspecified atom stereocenters. The van der Waals surface area contributed by atoms with Gasteiger partial charge in [-0.15, -0.1) is 0 Å². The molecule has 4 nitrogen and oxygen atoms in total. The Hall–Kier alpha value is -1.85. The smallest absolute Gasteiger partial charge is 0.253 e. The monoisotopic (exact) mass is 305 g/mol. The summed E-state index contributed by atoms with van der Waals surface area (Å²) in [5.74, 6) is 0.439. The lowest BCUT2D eigenvalue weighted by molar-refractivity contribution is -0.129. The van der Waals surface area contributed by atoms with E-state index in [0.29, 0.717) is 17.9 Å². The van der Waals surface area contributed by atoms with Crippen LogP contribution in [0, 0.1) is 0 Å². The first-order chi connectivity index (χ1) is 10.1. The van der Waals surface area contributed by atoms with E-state index in [0.717, 1.165) is 0 Å². The number of aliphatic hydroxyl groups excluding tert-OH is 1. The molecule has 2 rings (SSSR count). The Labute approximate surface area is 128 Å². The van der Waals surface area contributed by atoms with Crippen molar-refractivity contribution < 1.29 is 14.6 Å². The van der Waals surface area contributed by atoms with Gasteiger partial charge in [-0.1, -0.05) is 19.1 Å². The number of aliphatic hydroxyl groups is 1. The van der Waals surface area contributed by atoms with Crippen LogP contribution in [0.25, 0.3) is 0 Å². The van der Waals surface area contributed by atoms with E-state index in [-0.39, 0.29) is 5.92 Å². The topological polar surface area (TPSA) is 58.6 Å². The number of rotatable bonds is 6. The molecule has 21 heavy (non-hydrogen) atoms. The average Bonchev–Trinajstić information content (AvgIpc) is 3.06. The first-order valence-corrected chi connectivity index (χ1v) is 7.68. The van der Waals surface area contributed by atoms with Crippen LogP contribution in [0.2, 0.25) is 0 Å². The van der Waals surface area contributed by atoms with E-state index in [1.165, 1.54) is 5.56 Å². The predicted molar refractivity (Wildman–Crippen MR) is 83.7 cm³/mol. The van der Waals surface area contributed by atoms with E-state index in [1.807, 2.05) is 18.4 Å². The van der Waals surface area contributed by atoms with Crippen LogP contribution in [0.3, 0.4) is 0 Å². The Bertz CT molecular complexity index is 583. The van der Waals surface area contributed by atoms with Crippen molar-refractivity contribution in [3.63, 3.8) is 0 Å². The van der Waals surface area contributed by atoms with Gasteiger partial charge in [0.2, 0.25) is 0 Å². The van der Waals surface area contributed by atoms with E-state index in [9.17, 15) is 9.90 Å². The minimum absolute atomic E-state index is 0.220. The molecule has 2 N–H and O–H groups in total. The van der Waals surface area contributed by atoms with Crippen LogP contribution < -0.4 is 10.1 Å². The second kappa shape index (κ2) is 7.24. The summed E-state index contributed by atoms with van der Waals surface area (Å²) in [6, 6.07) is 8.92. The highest BCUT2D eigenvalue weighted by atomic mass is 32.1. The lowest BCUT2D eigenvalue weighted by Crippen LogP contribution is -2.32. The molecule has 0 aliphatic carbocycles. The van der Waals surface area contributed by atoms with E-state index < -0.39 is 12.0 Å². The highest BCUT2D eigenvalue weighted by Gasteiger charge is 2.18. The molecule has 0 fully saturated rings. The van der Waals surface area contributed by atoms with Gasteiger partial charge in [0, 0.05) is 6.54 Å². The maximum atomic E-state index is 12.0. The number of carbonyl (C=O) groups is 1. The first kappa shape index (κ1) is 15.5. The molecule has 0 radical (unpaired) electrons. The third kappa shape index (κ3) is 4.06. The van der Waals surface area contributed by atoms with Gasteiger partial charge >= 0.3 is 0 Å². The third-order valence-electron chi connectivity index (χ3n) is 3.35. The number of hydrogen-bond acceptors (Lipinski definition) is 4. The number of carbonyl (C=O) groups excluding carboxylic acids is 1. The van der Waals surface area contributed by atoms with Crippen LogP contribution in [0.4, 0.5) is 0 Å². The molecule has 0 bridgehead atoms. The molecule has 0 saturated carbocycles. The van der Waals surface area contributed by atoms with Gasteiger partial charge in [0.05, 0.1) is 7.11 Å². The molecule has 0 aliphatic heterocycles. The molecule has 0 saturated heterocycles. The number of hydrogen-bond donors (Lipinski definition) is 2. The normalized spacial score (nSPS) is 13.5. The van der Waals surface area contributed by atoms with Crippen molar-refractivity contribution in [2.75, 3.05) is 13.7 Å². The summed E-state index contributed by atoms with van der Waals surface area (Å²) in [5.41, 5.74) is 1.71. The Morgan fingerprint density at radius 1 is 1.38 bits per heavy atom. The summed E-state index contributed by atoms with van der Waals surface area (Å²) in [4.78, 5) is 12.0. The molecule has 5 heteroatoms. The lowest BCUT2D eigenvalue weighted by Gasteiger charge is -2.15. The number of nitrogens with one attached hydrogen (secondary N) is 1. The van der Waals surface area contributed by atoms with Crippen molar-refractivity contribution in [1.29, 1.82) is 0 Å². The van der Waals surface area contributed by atoms with E-state index in [1.54, 1.807) is 42.7 Å². The van der Waals surface area contributed by atoms with Gasteiger partial charge in [-0.2, -0.15) is 11.3 Å². The van der Waals surface area contributed by atoms with E-state index in [2.05, 4.69) is 10.7 Å². The number of methoxy groups -OCH3 is 1. The number of benzene rings is 1. The molecule has 1 amide bonds. The summed E-state index contributed by atoms with van der Waals surface area (Å²) in [6.45, 7) is 2.54. The van der Waals surface area contributed by atoms with Crippen molar-refractivity contribution in [3.8, 4) is 5.75 Å². The Morgan fingerprint density at radius 2 is 2.19 bits per heavy atom. The molecule has 1 aromatic carbocycles. The minimum atomic E-state index is -1.19. The van der Waals surface area contributed by atoms with Crippen molar-refractivity contribution in [1.82, 2.24) is 5.32 Å². The quantitative estimate of drug-likeness (QED) is 0.862. The lowest BCUT2D eigenvalue weighted by atomic mass is 10.0. The Kier molecular flexibility index (Phi) is 5.36. The average molecular weight is 305 g/mol. The van der Waals surface area contributed by atoms with Crippen molar-refractivity contribution in [3.05, 3.63) is 52.2 Å². The standard InChI is InChI=1S/C16H19NO3S/c1-11(13-6-7-21-10-13)9-17-16(19)15(18)12-4-3-5-14(8-12)20-2/h3-8,10-11,15,18H,9H2,1-2H3,(H,17,19). The SMILES string of the molecule is COc1cccc(C(O)C(=O)NCC(C)c2ccsc2)c1. The summed E-state index contributed by atoms with van der Waals surface area (Å²) in [7, 11) is 1.55. The van der Waals surface area contributed by atoms with E-state index in [4.69, 9.17) is 4.74 Å². The number of ether oxygens (including phenoxy) is 1. The highest BCUT2D eigenvalue weighted by Crippen LogP contribution is 2.20. The fraction of sp³-hybridized carbons (Fsp3) is 0.312. The maximum Gasteiger partial charge on any atom is 0.253 e. The van der Waals surface area contributed by atoms with Crippen LogP contribution in [-0.4, -0.2) is 24.7 Å². The fourth-order valence-corrected chi connectivity index (χ4v) is 2.77. The predicted octanol–water partition coefficient (Wildman–Crippen LogP) is 2.71. The molecule has 0 aliphatic rings. The van der Waals surface area contributed by atoms with Gasteiger partial charge < -0.3 is 15.2 Å². The minimum Gasteiger partial charge on any atom is -0.497 e. The molecule has 2 aromatic rings. The zero-order valence-electron chi connectivity index (χ0n) is 12.1. The van der Waals surface area contributed by atoms with Crippen molar-refractivity contribution in [2.24, 2.45) is 0 Å². The van der Waals surface area contributed by atoms with Crippen LogP contribution in [-0.2, 0) is 4.79 Å². The molecular formula is C16H19NO3S. The third-order valence-corrected chi connectivity index (χ3v) is 4.05. The molecule has 1 heterocycles. The Balaban J connectivity index is 1.93. The van der Waals surface area contributed by atoms with Crippen LogP contribution in [0.15, 0.2) is 41.1 Å². The number of amides is 1. The fourth-order valence-electron chi connectivity index (χ4n) is 1.99. The van der Waals surface area contributed by atoms with Gasteiger partial charge in [0.1, 0.15) is 5.75 Å². The van der Waals surface area contributed by atoms with Crippen LogP contribution >= 0.6 is 11.3 Å². The van der Waals surface area contributed by atoms with Crippen LogP contribution in [0.1, 0.15) is 30.1 Å². The highest BCUT2D eigenvalue weighted by molar-refractivity contribution is 7.07. The van der Waals surface area contributed by atoms with Gasteiger partial charge in [-0.05, 0) is 46.0 Å². The van der Waals surface area contributed by atoms with Crippen molar-refractivity contribution >= 4 is 17.2 Å². The summed E-state index contributed by atoms with van der Waals surface area (Å²) in [5, 5.41) is 16.9. The van der Waals surface area contributed by atoms with Gasteiger partial charge in [0.25, 0.3) is 5.91 Å². The summed E-state index contributed by atoms with van der Waals surface area (Å²) >= 11 is 1.63. The van der Waals surface area contributed by atoms with Crippen molar-refractivity contribution in [2.45, 2.75) is 18.9 Å². The summed E-state index contributed by atoms with van der Waals surface area (Å²) in [6.07, 6.45) is -1.19. The van der Waals surface area contributed by atoms with Crippen LogP contribution in [0.5, 0.6) is 5.75 Å². The Morgan fingerprint density at radius 3 is 2.86 bits per heavy atom.